The molecule has 154 valence electrons. The first-order valence-electron chi connectivity index (χ1n) is 9.61. The van der Waals surface area contributed by atoms with Gasteiger partial charge in [0, 0.05) is 11.0 Å². The number of furan rings is 1. The fourth-order valence-corrected chi connectivity index (χ4v) is 5.95. The largest absolute Gasteiger partial charge is 0.472 e. The van der Waals surface area contributed by atoms with Gasteiger partial charge < -0.3 is 18.6 Å². The van der Waals surface area contributed by atoms with Gasteiger partial charge in [0.15, 0.2) is 0 Å². The molecule has 7 nitrogen and oxygen atoms in total. The van der Waals surface area contributed by atoms with Crippen molar-refractivity contribution in [2.45, 2.75) is 32.8 Å². The molecule has 0 bridgehead atoms. The molecule has 5 atom stereocenters. The van der Waals surface area contributed by atoms with Crippen molar-refractivity contribution >= 4 is 17.9 Å². The number of allylic oxidation sites excluding steroid dienone is 3. The molecule has 1 aromatic heterocycles. The smallest absolute Gasteiger partial charge is 0.334 e. The van der Waals surface area contributed by atoms with Crippen LogP contribution >= 0.6 is 0 Å². The molecule has 1 saturated heterocycles. The van der Waals surface area contributed by atoms with Crippen LogP contribution in [-0.4, -0.2) is 32.1 Å². The van der Waals surface area contributed by atoms with Crippen LogP contribution < -0.4 is 0 Å². The molecule has 1 aromatic rings. The van der Waals surface area contributed by atoms with Crippen molar-refractivity contribution in [3.8, 4) is 0 Å². The molecule has 0 N–H and O–H groups in total. The quantitative estimate of drug-likeness (QED) is 0.568. The van der Waals surface area contributed by atoms with Gasteiger partial charge in [-0.3, -0.25) is 9.59 Å². The van der Waals surface area contributed by atoms with Gasteiger partial charge in [-0.25, -0.2) is 4.79 Å². The van der Waals surface area contributed by atoms with Crippen LogP contribution in [-0.2, 0) is 28.6 Å². The van der Waals surface area contributed by atoms with E-state index in [1.807, 2.05) is 19.9 Å². The highest BCUT2D eigenvalue weighted by Crippen LogP contribution is 2.74. The summed E-state index contributed by atoms with van der Waals surface area (Å²) in [4.78, 5) is 39.2. The maximum Gasteiger partial charge on any atom is 0.334 e. The molecule has 5 unspecified atom stereocenters. The Morgan fingerprint density at radius 2 is 2.00 bits per heavy atom. The van der Waals surface area contributed by atoms with Crippen LogP contribution in [0, 0.1) is 22.2 Å². The summed E-state index contributed by atoms with van der Waals surface area (Å²) < 4.78 is 21.1. The third-order valence-electron chi connectivity index (χ3n) is 7.39. The number of esters is 3. The minimum absolute atomic E-state index is 0.104. The Balaban J connectivity index is 1.99. The summed E-state index contributed by atoms with van der Waals surface area (Å²) in [6.07, 6.45) is 8.52. The molecule has 1 aliphatic heterocycles. The number of fused-ring (bicyclic) bond motifs is 2. The molecule has 0 radical (unpaired) electrons. The minimum atomic E-state index is -1.36. The summed E-state index contributed by atoms with van der Waals surface area (Å²) in [5.74, 6) is -1.66. The van der Waals surface area contributed by atoms with Crippen LogP contribution in [0.25, 0.3) is 0 Å². The van der Waals surface area contributed by atoms with Crippen molar-refractivity contribution in [2.75, 3.05) is 14.2 Å². The number of carbonyl (C=O) groups excluding carboxylic acids is 3. The van der Waals surface area contributed by atoms with E-state index in [0.717, 1.165) is 5.56 Å². The Bertz CT molecular complexity index is 927. The van der Waals surface area contributed by atoms with Crippen molar-refractivity contribution in [1.29, 1.82) is 0 Å². The van der Waals surface area contributed by atoms with Crippen molar-refractivity contribution < 1.29 is 33.0 Å². The lowest BCUT2D eigenvalue weighted by Gasteiger charge is -2.66. The molecule has 2 aliphatic carbocycles. The lowest BCUT2D eigenvalue weighted by Crippen LogP contribution is -2.72. The Labute approximate surface area is 168 Å². The predicted molar refractivity (Wildman–Crippen MR) is 100 cm³/mol. The summed E-state index contributed by atoms with van der Waals surface area (Å²) >= 11 is 0. The van der Waals surface area contributed by atoms with Gasteiger partial charge in [0.1, 0.15) is 16.9 Å². The van der Waals surface area contributed by atoms with Crippen molar-refractivity contribution in [3.05, 3.63) is 48.0 Å². The van der Waals surface area contributed by atoms with E-state index < -0.39 is 34.3 Å². The first-order valence-corrected chi connectivity index (χ1v) is 9.61. The molecular formula is C22H24O7. The van der Waals surface area contributed by atoms with Gasteiger partial charge in [-0.2, -0.15) is 0 Å². The molecule has 1 spiro atoms. The van der Waals surface area contributed by atoms with Gasteiger partial charge in [0.05, 0.1) is 32.3 Å². The third-order valence-corrected chi connectivity index (χ3v) is 7.39. The van der Waals surface area contributed by atoms with Gasteiger partial charge in [0.25, 0.3) is 0 Å². The lowest BCUT2D eigenvalue weighted by atomic mass is 9.37. The molecule has 0 amide bonds. The van der Waals surface area contributed by atoms with Crippen LogP contribution in [0.4, 0.5) is 0 Å². The molecule has 4 rings (SSSR count). The summed E-state index contributed by atoms with van der Waals surface area (Å²) in [6.45, 7) is 3.84. The average molecular weight is 400 g/mol. The van der Waals surface area contributed by atoms with Crippen LogP contribution in [0.1, 0.15) is 38.4 Å². The second-order valence-corrected chi connectivity index (χ2v) is 8.18. The van der Waals surface area contributed by atoms with E-state index in [0.29, 0.717) is 12.8 Å². The molecule has 29 heavy (non-hydrogen) atoms. The third kappa shape index (κ3) is 2.05. The normalized spacial score (nSPS) is 37.8. The monoisotopic (exact) mass is 400 g/mol. The summed E-state index contributed by atoms with van der Waals surface area (Å²) in [6, 6.07) is 1.76. The molecule has 1 saturated carbocycles. The van der Waals surface area contributed by atoms with Gasteiger partial charge in [-0.1, -0.05) is 32.1 Å². The predicted octanol–water partition coefficient (Wildman–Crippen LogP) is 3.13. The number of hydrogen-bond acceptors (Lipinski definition) is 7. The number of cyclic esters (lactones) is 1. The fraction of sp³-hybridized carbons (Fsp3) is 0.500. The highest BCUT2D eigenvalue weighted by atomic mass is 16.6. The van der Waals surface area contributed by atoms with Gasteiger partial charge >= 0.3 is 17.9 Å². The number of methoxy groups -OCH3 is 2. The van der Waals surface area contributed by atoms with E-state index in [1.54, 1.807) is 24.5 Å². The number of rotatable bonds is 3. The highest BCUT2D eigenvalue weighted by Gasteiger charge is 2.79. The van der Waals surface area contributed by atoms with Crippen LogP contribution in [0.5, 0.6) is 0 Å². The van der Waals surface area contributed by atoms with Crippen molar-refractivity contribution in [2.24, 2.45) is 22.2 Å². The summed E-state index contributed by atoms with van der Waals surface area (Å²) in [5, 5.41) is 0. The van der Waals surface area contributed by atoms with Gasteiger partial charge in [-0.15, -0.1) is 0 Å². The first kappa shape index (κ1) is 19.5. The van der Waals surface area contributed by atoms with Gasteiger partial charge in [-0.05, 0) is 24.8 Å². The molecule has 2 heterocycles. The zero-order chi connectivity index (χ0) is 21.0. The minimum Gasteiger partial charge on any atom is -0.472 e. The second kappa shape index (κ2) is 6.34. The maximum absolute atomic E-state index is 13.3. The zero-order valence-corrected chi connectivity index (χ0v) is 16.9. The Hall–Kier alpha value is -2.83. The lowest BCUT2D eigenvalue weighted by molar-refractivity contribution is -0.265. The summed E-state index contributed by atoms with van der Waals surface area (Å²) in [5.41, 5.74) is -2.57. The van der Waals surface area contributed by atoms with Crippen molar-refractivity contribution in [3.63, 3.8) is 0 Å². The van der Waals surface area contributed by atoms with Crippen molar-refractivity contribution in [1.82, 2.24) is 0 Å². The van der Waals surface area contributed by atoms with E-state index >= 15 is 0 Å². The Morgan fingerprint density at radius 3 is 2.59 bits per heavy atom. The van der Waals surface area contributed by atoms with E-state index in [4.69, 9.17) is 18.6 Å². The van der Waals surface area contributed by atoms with E-state index in [1.165, 1.54) is 20.5 Å². The Kier molecular flexibility index (Phi) is 4.26. The van der Waals surface area contributed by atoms with E-state index in [2.05, 4.69) is 0 Å². The van der Waals surface area contributed by atoms with Crippen LogP contribution in [0.2, 0.25) is 0 Å². The number of ether oxygens (including phenoxy) is 3. The number of carbonyl (C=O) groups is 3. The highest BCUT2D eigenvalue weighted by molar-refractivity contribution is 6.01. The SMILES string of the molecule is COC(=O)C1=CC=CC2(C)C1(C(=O)OC)CCC(C)C21C(=O)OC1c1ccoc1. The molecule has 0 aromatic carbocycles. The maximum atomic E-state index is 13.3. The molecule has 2 fully saturated rings. The second-order valence-electron chi connectivity index (χ2n) is 8.18. The number of hydrogen-bond donors (Lipinski definition) is 0. The van der Waals surface area contributed by atoms with Crippen LogP contribution in [0.3, 0.4) is 0 Å². The van der Waals surface area contributed by atoms with Gasteiger partial charge in [0.2, 0.25) is 0 Å². The van der Waals surface area contributed by atoms with E-state index in [9.17, 15) is 14.4 Å². The Morgan fingerprint density at radius 1 is 1.24 bits per heavy atom. The molecular weight excluding hydrogens is 376 g/mol. The fourth-order valence-electron chi connectivity index (χ4n) is 5.95. The van der Waals surface area contributed by atoms with E-state index in [-0.39, 0.29) is 17.5 Å². The average Bonchev–Trinajstić information content (AvgIpc) is 3.23. The standard InChI is InChI=1S/C22H24O7/c1-13-7-10-21(18(24)27-4)15(17(23)26-3)6-5-9-20(21,2)22(13)16(29-19(22)25)14-8-11-28-12-14/h5-6,8-9,11-13,16H,7,10H2,1-4H3. The summed E-state index contributed by atoms with van der Waals surface area (Å²) in [7, 11) is 2.57. The molecule has 3 aliphatic rings. The topological polar surface area (TPSA) is 92.0 Å². The molecule has 7 heteroatoms. The first-order chi connectivity index (χ1) is 13.8. The van der Waals surface area contributed by atoms with Crippen LogP contribution in [0.15, 0.2) is 46.8 Å². The zero-order valence-electron chi connectivity index (χ0n) is 16.9.